The number of benzene rings is 8. The van der Waals surface area contributed by atoms with Gasteiger partial charge in [-0.2, -0.15) is 0 Å². The average molecular weight is 551 g/mol. The molecule has 0 atom stereocenters. The summed E-state index contributed by atoms with van der Waals surface area (Å²) in [6.45, 7) is 0. The second-order valence-electron chi connectivity index (χ2n) is 11.2. The predicted octanol–water partition coefficient (Wildman–Crippen LogP) is 11.1. The van der Waals surface area contributed by atoms with Crippen molar-refractivity contribution >= 4 is 54.9 Å². The highest BCUT2D eigenvalue weighted by atomic mass is 32.2. The Bertz CT molecular complexity index is 2150. The van der Waals surface area contributed by atoms with Crippen molar-refractivity contribution in [3.63, 3.8) is 0 Å². The zero-order chi connectivity index (χ0) is 27.7. The molecule has 0 aromatic heterocycles. The van der Waals surface area contributed by atoms with E-state index in [1.807, 2.05) is 11.8 Å². The summed E-state index contributed by atoms with van der Waals surface area (Å²) in [5.41, 5.74) is 4.81. The molecule has 0 spiro atoms. The van der Waals surface area contributed by atoms with Crippen molar-refractivity contribution in [1.82, 2.24) is 0 Å². The Hall–Kier alpha value is -4.85. The predicted molar refractivity (Wildman–Crippen MR) is 179 cm³/mol. The lowest BCUT2D eigenvalue weighted by Gasteiger charge is -2.44. The molecule has 0 radical (unpaired) electrons. The summed E-state index contributed by atoms with van der Waals surface area (Å²) in [7, 11) is 0. The first kappa shape index (κ1) is 23.8. The maximum atomic E-state index is 2.34. The third kappa shape index (κ3) is 3.09. The molecule has 0 unspecified atom stereocenters. The first-order valence-electron chi connectivity index (χ1n) is 14.5. The van der Waals surface area contributed by atoms with E-state index in [1.165, 1.54) is 75.1 Å². The highest BCUT2D eigenvalue weighted by Crippen LogP contribution is 2.62. The van der Waals surface area contributed by atoms with Crippen LogP contribution < -0.4 is 0 Å². The zero-order valence-electron chi connectivity index (χ0n) is 22.9. The molecule has 9 rings (SSSR count). The van der Waals surface area contributed by atoms with Crippen LogP contribution in [0.25, 0.3) is 43.1 Å². The van der Waals surface area contributed by atoms with Crippen molar-refractivity contribution in [3.05, 3.63) is 180 Å². The standard InChI is InChI=1S/C41H26S/c1-3-15-27(16-4-1)41(28-17-5-2-6-18-28)37-33-23-11-7-19-29(33)31-21-9-13-25-35(31)39(37)42-40-36-26-14-10-22-32(36)30-20-8-12-24-34(30)38(40)41/h1-26H. The molecule has 0 saturated carbocycles. The molecule has 0 fully saturated rings. The summed E-state index contributed by atoms with van der Waals surface area (Å²) < 4.78 is 0. The Morgan fingerprint density at radius 1 is 0.286 bits per heavy atom. The van der Waals surface area contributed by atoms with E-state index >= 15 is 0 Å². The summed E-state index contributed by atoms with van der Waals surface area (Å²) in [6, 6.07) is 58.5. The number of hydrogen-bond donors (Lipinski definition) is 0. The number of hydrogen-bond acceptors (Lipinski definition) is 1. The second-order valence-corrected chi connectivity index (χ2v) is 12.2. The smallest absolute Gasteiger partial charge is 0.0736 e. The molecule has 42 heavy (non-hydrogen) atoms. The lowest BCUT2D eigenvalue weighted by atomic mass is 9.62. The maximum absolute atomic E-state index is 2.34. The van der Waals surface area contributed by atoms with Gasteiger partial charge in [-0.1, -0.05) is 169 Å². The van der Waals surface area contributed by atoms with Gasteiger partial charge in [-0.05, 0) is 65.3 Å². The van der Waals surface area contributed by atoms with Crippen LogP contribution in [0.4, 0.5) is 0 Å². The van der Waals surface area contributed by atoms with Gasteiger partial charge in [-0.15, -0.1) is 0 Å². The summed E-state index contributed by atoms with van der Waals surface area (Å²) in [4.78, 5) is 2.70. The molecule has 1 heteroatoms. The van der Waals surface area contributed by atoms with E-state index in [0.29, 0.717) is 0 Å². The largest absolute Gasteiger partial charge is 0.0880 e. The Balaban J connectivity index is 1.64. The van der Waals surface area contributed by atoms with Gasteiger partial charge in [0.25, 0.3) is 0 Å². The van der Waals surface area contributed by atoms with Gasteiger partial charge < -0.3 is 0 Å². The Labute approximate surface area is 249 Å². The normalized spacial score (nSPS) is 13.8. The fraction of sp³-hybridized carbons (Fsp3) is 0.0244. The summed E-state index contributed by atoms with van der Waals surface area (Å²) in [5.74, 6) is 0. The molecular weight excluding hydrogens is 525 g/mol. The zero-order valence-corrected chi connectivity index (χ0v) is 23.7. The minimum Gasteiger partial charge on any atom is -0.0880 e. The van der Waals surface area contributed by atoms with Crippen molar-refractivity contribution in [2.45, 2.75) is 15.2 Å². The van der Waals surface area contributed by atoms with Gasteiger partial charge in [0.2, 0.25) is 0 Å². The van der Waals surface area contributed by atoms with Gasteiger partial charge in [0.15, 0.2) is 0 Å². The fourth-order valence-electron chi connectivity index (χ4n) is 7.52. The number of fused-ring (bicyclic) bond motifs is 12. The van der Waals surface area contributed by atoms with Crippen LogP contribution in [-0.2, 0) is 5.41 Å². The Morgan fingerprint density at radius 3 is 0.952 bits per heavy atom. The number of rotatable bonds is 2. The van der Waals surface area contributed by atoms with Crippen LogP contribution in [-0.4, -0.2) is 0 Å². The Kier molecular flexibility index (Phi) is 5.15. The van der Waals surface area contributed by atoms with Gasteiger partial charge >= 0.3 is 0 Å². The molecule has 0 N–H and O–H groups in total. The molecule has 1 aliphatic heterocycles. The fourth-order valence-corrected chi connectivity index (χ4v) is 9.03. The minimum absolute atomic E-state index is 0.536. The van der Waals surface area contributed by atoms with E-state index in [0.717, 1.165) is 0 Å². The quantitative estimate of drug-likeness (QED) is 0.193. The molecule has 8 aromatic rings. The van der Waals surface area contributed by atoms with Crippen molar-refractivity contribution in [1.29, 1.82) is 0 Å². The van der Waals surface area contributed by atoms with Crippen LogP contribution in [0.5, 0.6) is 0 Å². The highest BCUT2D eigenvalue weighted by Gasteiger charge is 2.47. The van der Waals surface area contributed by atoms with Crippen LogP contribution in [0.15, 0.2) is 168 Å². The molecule has 8 aromatic carbocycles. The summed E-state index contributed by atoms with van der Waals surface area (Å²) >= 11 is 1.96. The maximum Gasteiger partial charge on any atom is 0.0736 e. The van der Waals surface area contributed by atoms with Crippen LogP contribution in [0.1, 0.15) is 22.3 Å². The molecule has 0 aliphatic carbocycles. The molecular formula is C41H26S. The van der Waals surface area contributed by atoms with E-state index in [9.17, 15) is 0 Å². The van der Waals surface area contributed by atoms with Gasteiger partial charge in [-0.25, -0.2) is 0 Å². The van der Waals surface area contributed by atoms with Crippen LogP contribution >= 0.6 is 11.8 Å². The minimum atomic E-state index is -0.536. The molecule has 0 saturated heterocycles. The highest BCUT2D eigenvalue weighted by molar-refractivity contribution is 8.00. The van der Waals surface area contributed by atoms with Crippen molar-refractivity contribution in [2.75, 3.05) is 0 Å². The Morgan fingerprint density at radius 2 is 0.571 bits per heavy atom. The molecule has 0 nitrogen and oxygen atoms in total. The van der Waals surface area contributed by atoms with Crippen molar-refractivity contribution < 1.29 is 0 Å². The topological polar surface area (TPSA) is 0 Å². The average Bonchev–Trinajstić information content (AvgIpc) is 3.08. The van der Waals surface area contributed by atoms with Gasteiger partial charge in [0, 0.05) is 9.79 Å². The molecule has 1 heterocycles. The SMILES string of the molecule is c1ccc(C2(c3ccccc3)c3c(c4ccccc4c4ccccc34)Sc3c2c2ccccc2c2ccccc32)cc1. The van der Waals surface area contributed by atoms with Crippen LogP contribution in [0.2, 0.25) is 0 Å². The molecule has 0 bridgehead atoms. The van der Waals surface area contributed by atoms with Gasteiger partial charge in [-0.3, -0.25) is 0 Å². The van der Waals surface area contributed by atoms with Crippen LogP contribution in [0, 0.1) is 0 Å². The lowest BCUT2D eigenvalue weighted by molar-refractivity contribution is 0.724. The molecule has 1 aliphatic rings. The van der Waals surface area contributed by atoms with E-state index in [1.54, 1.807) is 0 Å². The third-order valence-corrected chi connectivity index (χ3v) is 10.4. The van der Waals surface area contributed by atoms with E-state index < -0.39 is 5.41 Å². The van der Waals surface area contributed by atoms with Crippen LogP contribution in [0.3, 0.4) is 0 Å². The summed E-state index contributed by atoms with van der Waals surface area (Å²) in [6.07, 6.45) is 0. The monoisotopic (exact) mass is 550 g/mol. The van der Waals surface area contributed by atoms with Crippen molar-refractivity contribution in [2.24, 2.45) is 0 Å². The van der Waals surface area contributed by atoms with Crippen molar-refractivity contribution in [3.8, 4) is 0 Å². The lowest BCUT2D eigenvalue weighted by Crippen LogP contribution is -2.35. The molecule has 0 amide bonds. The molecule has 196 valence electrons. The van der Waals surface area contributed by atoms with E-state index in [2.05, 4.69) is 158 Å². The second kappa shape index (κ2) is 9.08. The van der Waals surface area contributed by atoms with Gasteiger partial charge in [0.05, 0.1) is 5.41 Å². The summed E-state index contributed by atoms with van der Waals surface area (Å²) in [5, 5.41) is 10.5. The van der Waals surface area contributed by atoms with E-state index in [4.69, 9.17) is 0 Å². The van der Waals surface area contributed by atoms with Gasteiger partial charge in [0.1, 0.15) is 0 Å². The third-order valence-electron chi connectivity index (χ3n) is 9.14. The van der Waals surface area contributed by atoms with E-state index in [-0.39, 0.29) is 0 Å². The first-order valence-corrected chi connectivity index (χ1v) is 15.4. The first-order chi connectivity index (χ1) is 20.9.